The second kappa shape index (κ2) is 6.42. The maximum absolute atomic E-state index is 13.8. The molecular weight excluding hydrogens is 289 g/mol. The first-order valence-corrected chi connectivity index (χ1v) is 7.15. The van der Waals surface area contributed by atoms with E-state index in [4.69, 9.17) is 10.4 Å². The van der Waals surface area contributed by atoms with E-state index in [0.717, 1.165) is 4.90 Å². The van der Waals surface area contributed by atoms with Crippen LogP contribution in [0.2, 0.25) is 0 Å². The van der Waals surface area contributed by atoms with Crippen molar-refractivity contribution >= 4 is 17.7 Å². The van der Waals surface area contributed by atoms with Crippen LogP contribution >= 0.6 is 11.8 Å². The Morgan fingerprint density at radius 1 is 1.33 bits per heavy atom. The summed E-state index contributed by atoms with van der Waals surface area (Å²) in [6.45, 7) is 1.73. The minimum absolute atomic E-state index is 0.250. The van der Waals surface area contributed by atoms with Crippen LogP contribution in [-0.2, 0) is 5.75 Å². The number of aromatic carboxylic acids is 1. The third-order valence-electron chi connectivity index (χ3n) is 3.02. The molecule has 2 aromatic rings. The molecule has 1 N–H and O–H groups in total. The summed E-state index contributed by atoms with van der Waals surface area (Å²) in [5.41, 5.74) is 1.71. The van der Waals surface area contributed by atoms with E-state index in [1.54, 1.807) is 31.2 Å². The van der Waals surface area contributed by atoms with Crippen molar-refractivity contribution in [3.05, 3.63) is 64.5 Å². The molecule has 0 aliphatic carbocycles. The highest BCUT2D eigenvalue weighted by Gasteiger charge is 2.09. The molecule has 0 spiro atoms. The summed E-state index contributed by atoms with van der Waals surface area (Å²) in [7, 11) is 0. The van der Waals surface area contributed by atoms with Crippen LogP contribution in [0.1, 0.15) is 27.0 Å². The van der Waals surface area contributed by atoms with Gasteiger partial charge in [-0.05, 0) is 42.3 Å². The van der Waals surface area contributed by atoms with Crippen molar-refractivity contribution in [3.63, 3.8) is 0 Å². The molecule has 106 valence electrons. The van der Waals surface area contributed by atoms with Crippen LogP contribution < -0.4 is 0 Å². The number of nitrogens with zero attached hydrogens (tertiary/aromatic N) is 1. The van der Waals surface area contributed by atoms with Crippen molar-refractivity contribution in [2.24, 2.45) is 0 Å². The fourth-order valence-electron chi connectivity index (χ4n) is 1.82. The molecule has 0 saturated heterocycles. The number of carboxylic acid groups (broad SMARTS) is 1. The number of carbonyl (C=O) groups is 1. The average Bonchev–Trinajstić information content (AvgIpc) is 2.47. The maximum atomic E-state index is 13.8. The predicted octanol–water partition coefficient (Wildman–Crippen LogP) is 4.00. The zero-order valence-corrected chi connectivity index (χ0v) is 12.1. The van der Waals surface area contributed by atoms with E-state index < -0.39 is 11.8 Å². The molecule has 0 saturated carbocycles. The molecule has 0 heterocycles. The predicted molar refractivity (Wildman–Crippen MR) is 78.8 cm³/mol. The van der Waals surface area contributed by atoms with Gasteiger partial charge in [0.05, 0.1) is 17.2 Å². The molecule has 0 aromatic heterocycles. The number of nitriles is 1. The Morgan fingerprint density at radius 3 is 2.71 bits per heavy atom. The summed E-state index contributed by atoms with van der Waals surface area (Å²) >= 11 is 1.36. The Bertz CT molecular complexity index is 738. The monoisotopic (exact) mass is 301 g/mol. The maximum Gasteiger partial charge on any atom is 0.335 e. The van der Waals surface area contributed by atoms with Crippen LogP contribution in [0.5, 0.6) is 0 Å². The fourth-order valence-corrected chi connectivity index (χ4v) is 2.74. The summed E-state index contributed by atoms with van der Waals surface area (Å²) in [5, 5.41) is 17.8. The van der Waals surface area contributed by atoms with Gasteiger partial charge in [-0.1, -0.05) is 12.1 Å². The second-order valence-corrected chi connectivity index (χ2v) is 5.54. The van der Waals surface area contributed by atoms with Gasteiger partial charge in [-0.2, -0.15) is 5.26 Å². The molecule has 5 heteroatoms. The van der Waals surface area contributed by atoms with Crippen LogP contribution in [0, 0.1) is 24.1 Å². The van der Waals surface area contributed by atoms with Crippen molar-refractivity contribution < 1.29 is 14.3 Å². The van der Waals surface area contributed by atoms with Gasteiger partial charge in [-0.25, -0.2) is 9.18 Å². The van der Waals surface area contributed by atoms with Crippen LogP contribution in [-0.4, -0.2) is 11.1 Å². The quantitative estimate of drug-likeness (QED) is 0.867. The summed E-state index contributed by atoms with van der Waals surface area (Å²) in [5.74, 6) is -1.02. The molecule has 0 radical (unpaired) electrons. The van der Waals surface area contributed by atoms with Gasteiger partial charge in [-0.3, -0.25) is 0 Å². The van der Waals surface area contributed by atoms with Gasteiger partial charge < -0.3 is 5.11 Å². The molecule has 0 aliphatic heterocycles. The Morgan fingerprint density at radius 2 is 2.10 bits per heavy atom. The highest BCUT2D eigenvalue weighted by molar-refractivity contribution is 7.98. The lowest BCUT2D eigenvalue weighted by Crippen LogP contribution is -1.99. The Hall–Kier alpha value is -2.32. The number of carboxylic acids is 1. The SMILES string of the molecule is Cc1ccc(SCc2ccc(C#N)cc2F)cc1C(=O)O. The van der Waals surface area contributed by atoms with E-state index in [2.05, 4.69) is 0 Å². The molecule has 3 nitrogen and oxygen atoms in total. The first-order chi connectivity index (χ1) is 10.0. The first-order valence-electron chi connectivity index (χ1n) is 6.16. The van der Waals surface area contributed by atoms with Crippen LogP contribution in [0.4, 0.5) is 4.39 Å². The molecule has 2 rings (SSSR count). The fraction of sp³-hybridized carbons (Fsp3) is 0.125. The van der Waals surface area contributed by atoms with Crippen molar-refractivity contribution in [2.45, 2.75) is 17.6 Å². The van der Waals surface area contributed by atoms with Crippen molar-refractivity contribution in [1.29, 1.82) is 5.26 Å². The van der Waals surface area contributed by atoms with Gasteiger partial charge in [0.25, 0.3) is 0 Å². The molecule has 0 unspecified atom stereocenters. The van der Waals surface area contributed by atoms with Gasteiger partial charge in [0, 0.05) is 10.6 Å². The van der Waals surface area contributed by atoms with E-state index in [9.17, 15) is 9.18 Å². The zero-order chi connectivity index (χ0) is 15.4. The first kappa shape index (κ1) is 15.1. The Balaban J connectivity index is 2.15. The highest BCUT2D eigenvalue weighted by Crippen LogP contribution is 2.26. The van der Waals surface area contributed by atoms with Crippen molar-refractivity contribution in [3.8, 4) is 6.07 Å². The van der Waals surface area contributed by atoms with E-state index in [1.807, 2.05) is 12.1 Å². The van der Waals surface area contributed by atoms with E-state index in [1.165, 1.54) is 17.8 Å². The smallest absolute Gasteiger partial charge is 0.335 e. The van der Waals surface area contributed by atoms with E-state index in [-0.39, 0.29) is 11.1 Å². The van der Waals surface area contributed by atoms with Gasteiger partial charge in [0.1, 0.15) is 5.82 Å². The summed E-state index contributed by atoms with van der Waals surface area (Å²) < 4.78 is 13.8. The summed E-state index contributed by atoms with van der Waals surface area (Å²) in [6.07, 6.45) is 0. The van der Waals surface area contributed by atoms with Crippen LogP contribution in [0.25, 0.3) is 0 Å². The van der Waals surface area contributed by atoms with E-state index in [0.29, 0.717) is 16.9 Å². The lowest BCUT2D eigenvalue weighted by atomic mass is 10.1. The third kappa shape index (κ3) is 3.61. The molecule has 0 amide bonds. The second-order valence-electron chi connectivity index (χ2n) is 4.49. The van der Waals surface area contributed by atoms with Gasteiger partial charge in [0.2, 0.25) is 0 Å². The molecular formula is C16H12FNO2S. The number of halogens is 1. The molecule has 21 heavy (non-hydrogen) atoms. The Kier molecular flexibility index (Phi) is 4.61. The Labute approximate surface area is 126 Å². The number of hydrogen-bond acceptors (Lipinski definition) is 3. The normalized spacial score (nSPS) is 10.1. The van der Waals surface area contributed by atoms with Crippen LogP contribution in [0.15, 0.2) is 41.3 Å². The highest BCUT2D eigenvalue weighted by atomic mass is 32.2. The largest absolute Gasteiger partial charge is 0.478 e. The minimum atomic E-state index is -0.973. The van der Waals surface area contributed by atoms with Gasteiger partial charge in [0.15, 0.2) is 0 Å². The number of thioether (sulfide) groups is 1. The molecule has 2 aromatic carbocycles. The number of rotatable bonds is 4. The molecule has 0 atom stereocenters. The van der Waals surface area contributed by atoms with E-state index >= 15 is 0 Å². The topological polar surface area (TPSA) is 61.1 Å². The lowest BCUT2D eigenvalue weighted by Gasteiger charge is -2.06. The third-order valence-corrected chi connectivity index (χ3v) is 4.06. The molecule has 0 aliphatic rings. The average molecular weight is 301 g/mol. The molecule has 0 fully saturated rings. The molecule has 0 bridgehead atoms. The number of aryl methyl sites for hydroxylation is 1. The van der Waals surface area contributed by atoms with Crippen molar-refractivity contribution in [1.82, 2.24) is 0 Å². The zero-order valence-electron chi connectivity index (χ0n) is 11.3. The standard InChI is InChI=1S/C16H12FNO2S/c1-10-2-5-13(7-14(10)16(19)20)21-9-12-4-3-11(8-18)6-15(12)17/h2-7H,9H2,1H3,(H,19,20). The van der Waals surface area contributed by atoms with Gasteiger partial charge in [-0.15, -0.1) is 11.8 Å². The summed E-state index contributed by atoms with van der Waals surface area (Å²) in [4.78, 5) is 11.8. The minimum Gasteiger partial charge on any atom is -0.478 e. The van der Waals surface area contributed by atoms with Crippen LogP contribution in [0.3, 0.4) is 0 Å². The van der Waals surface area contributed by atoms with Crippen molar-refractivity contribution in [2.75, 3.05) is 0 Å². The summed E-state index contributed by atoms with van der Waals surface area (Å²) in [6, 6.07) is 11.4. The number of hydrogen-bond donors (Lipinski definition) is 1. The van der Waals surface area contributed by atoms with Gasteiger partial charge >= 0.3 is 5.97 Å². The lowest BCUT2D eigenvalue weighted by molar-refractivity contribution is 0.0696. The number of benzene rings is 2.